The van der Waals surface area contributed by atoms with Crippen LogP contribution in [0.1, 0.15) is 25.7 Å². The molecule has 1 aromatic rings. The maximum absolute atomic E-state index is 12.5. The van der Waals surface area contributed by atoms with Gasteiger partial charge in [-0.15, -0.1) is 0 Å². The Balaban J connectivity index is 1.67. The average molecular weight is 273 g/mol. The summed E-state index contributed by atoms with van der Waals surface area (Å²) in [5, 5.41) is 3.42. The number of nitrogens with one attached hydrogen (secondary N) is 1. The van der Waals surface area contributed by atoms with E-state index in [1.807, 2.05) is 23.1 Å². The molecule has 20 heavy (non-hydrogen) atoms. The third kappa shape index (κ3) is 2.66. The largest absolute Gasteiger partial charge is 0.371 e. The van der Waals surface area contributed by atoms with Crippen LogP contribution in [0.5, 0.6) is 0 Å². The highest BCUT2D eigenvalue weighted by molar-refractivity contribution is 5.98. The second-order valence-electron chi connectivity index (χ2n) is 5.82. The summed E-state index contributed by atoms with van der Waals surface area (Å²) in [6.45, 7) is 2.13. The number of nitrogens with zero attached hydrogens (tertiary/aromatic N) is 2. The van der Waals surface area contributed by atoms with Crippen molar-refractivity contribution >= 4 is 17.3 Å². The lowest BCUT2D eigenvalue weighted by molar-refractivity contribution is -0.117. The molecular weight excluding hydrogens is 250 g/mol. The van der Waals surface area contributed by atoms with E-state index in [0.29, 0.717) is 12.6 Å². The van der Waals surface area contributed by atoms with Crippen LogP contribution in [-0.2, 0) is 4.79 Å². The van der Waals surface area contributed by atoms with Crippen molar-refractivity contribution in [3.63, 3.8) is 0 Å². The van der Waals surface area contributed by atoms with Crippen LogP contribution in [-0.4, -0.2) is 38.6 Å². The van der Waals surface area contributed by atoms with E-state index >= 15 is 0 Å². The van der Waals surface area contributed by atoms with Gasteiger partial charge in [-0.05, 0) is 25.0 Å². The lowest BCUT2D eigenvalue weighted by Gasteiger charge is -2.35. The Bertz CT molecular complexity index is 482. The highest BCUT2D eigenvalue weighted by Gasteiger charge is 2.25. The summed E-state index contributed by atoms with van der Waals surface area (Å²) in [6, 6.07) is 8.70. The average Bonchev–Trinajstić information content (AvgIpc) is 2.99. The number of amides is 1. The zero-order chi connectivity index (χ0) is 13.9. The van der Waals surface area contributed by atoms with E-state index in [4.69, 9.17) is 0 Å². The molecule has 0 aromatic heterocycles. The molecule has 1 saturated carbocycles. The fourth-order valence-electron chi connectivity index (χ4n) is 3.22. The summed E-state index contributed by atoms with van der Waals surface area (Å²) in [6.07, 6.45) is 5.02. The number of para-hydroxylation sites is 2. The third-order valence-corrected chi connectivity index (χ3v) is 4.44. The Labute approximate surface area is 120 Å². The zero-order valence-electron chi connectivity index (χ0n) is 12.1. The molecule has 0 atom stereocenters. The Hall–Kier alpha value is -1.55. The van der Waals surface area contributed by atoms with E-state index in [1.165, 1.54) is 25.7 Å². The Morgan fingerprint density at radius 1 is 1.20 bits per heavy atom. The molecule has 1 amide bonds. The first-order valence-electron chi connectivity index (χ1n) is 7.59. The quantitative estimate of drug-likeness (QED) is 0.915. The van der Waals surface area contributed by atoms with Crippen molar-refractivity contribution in [2.75, 3.05) is 36.5 Å². The van der Waals surface area contributed by atoms with Crippen LogP contribution in [0, 0.1) is 0 Å². The predicted octanol–water partition coefficient (Wildman–Crippen LogP) is 2.00. The number of anilines is 2. The van der Waals surface area contributed by atoms with Crippen molar-refractivity contribution in [2.45, 2.75) is 31.7 Å². The molecule has 1 aliphatic heterocycles. The van der Waals surface area contributed by atoms with E-state index in [0.717, 1.165) is 24.5 Å². The molecule has 2 aliphatic rings. The van der Waals surface area contributed by atoms with Crippen molar-refractivity contribution in [2.24, 2.45) is 0 Å². The predicted molar refractivity (Wildman–Crippen MR) is 82.3 cm³/mol. The topological polar surface area (TPSA) is 35.6 Å². The van der Waals surface area contributed by atoms with Crippen LogP contribution < -0.4 is 15.1 Å². The Morgan fingerprint density at radius 3 is 2.65 bits per heavy atom. The molecule has 0 unspecified atom stereocenters. The molecule has 0 spiro atoms. The second-order valence-corrected chi connectivity index (χ2v) is 5.82. The van der Waals surface area contributed by atoms with Gasteiger partial charge in [0.15, 0.2) is 0 Å². The second kappa shape index (κ2) is 5.83. The first-order chi connectivity index (χ1) is 9.75. The molecule has 1 N–H and O–H groups in total. The summed E-state index contributed by atoms with van der Waals surface area (Å²) < 4.78 is 0. The molecule has 1 heterocycles. The monoisotopic (exact) mass is 273 g/mol. The van der Waals surface area contributed by atoms with Crippen LogP contribution in [0.2, 0.25) is 0 Å². The molecule has 108 valence electrons. The van der Waals surface area contributed by atoms with Gasteiger partial charge in [0.05, 0.1) is 17.9 Å². The van der Waals surface area contributed by atoms with E-state index in [2.05, 4.69) is 23.3 Å². The van der Waals surface area contributed by atoms with Gasteiger partial charge in [-0.1, -0.05) is 25.0 Å². The van der Waals surface area contributed by atoms with E-state index in [9.17, 15) is 4.79 Å². The number of hydrogen-bond donors (Lipinski definition) is 1. The number of benzene rings is 1. The minimum absolute atomic E-state index is 0.192. The van der Waals surface area contributed by atoms with Gasteiger partial charge in [-0.3, -0.25) is 4.79 Å². The number of carbonyl (C=O) groups is 1. The number of hydrogen-bond acceptors (Lipinski definition) is 3. The lowest BCUT2D eigenvalue weighted by Crippen LogP contribution is -2.47. The SMILES string of the molecule is CN1CCN(C(=O)CNC2CCCC2)c2ccccc21. The van der Waals surface area contributed by atoms with Crippen LogP contribution in [0.15, 0.2) is 24.3 Å². The Kier molecular flexibility index (Phi) is 3.92. The van der Waals surface area contributed by atoms with Crippen LogP contribution >= 0.6 is 0 Å². The fourth-order valence-corrected chi connectivity index (χ4v) is 3.22. The van der Waals surface area contributed by atoms with Crippen molar-refractivity contribution in [3.05, 3.63) is 24.3 Å². The number of carbonyl (C=O) groups excluding carboxylic acids is 1. The van der Waals surface area contributed by atoms with Gasteiger partial charge in [-0.2, -0.15) is 0 Å². The first-order valence-corrected chi connectivity index (χ1v) is 7.59. The standard InChI is InChI=1S/C16H23N3O/c1-18-10-11-19(15-9-5-4-8-14(15)18)16(20)12-17-13-6-2-3-7-13/h4-5,8-9,13,17H,2-3,6-7,10-12H2,1H3. The summed E-state index contributed by atoms with van der Waals surface area (Å²) in [7, 11) is 2.08. The normalized spacial score (nSPS) is 19.2. The van der Waals surface area contributed by atoms with Crippen molar-refractivity contribution in [1.82, 2.24) is 5.32 Å². The van der Waals surface area contributed by atoms with Gasteiger partial charge in [-0.25, -0.2) is 0 Å². The third-order valence-electron chi connectivity index (χ3n) is 4.44. The van der Waals surface area contributed by atoms with E-state index in [-0.39, 0.29) is 5.91 Å². The highest BCUT2D eigenvalue weighted by Crippen LogP contribution is 2.31. The van der Waals surface area contributed by atoms with Crippen LogP contribution in [0.3, 0.4) is 0 Å². The van der Waals surface area contributed by atoms with Crippen LogP contribution in [0.4, 0.5) is 11.4 Å². The van der Waals surface area contributed by atoms with Gasteiger partial charge in [0.1, 0.15) is 0 Å². The molecule has 3 rings (SSSR count). The van der Waals surface area contributed by atoms with Crippen molar-refractivity contribution in [3.8, 4) is 0 Å². The van der Waals surface area contributed by atoms with E-state index in [1.54, 1.807) is 0 Å². The summed E-state index contributed by atoms with van der Waals surface area (Å²) in [4.78, 5) is 16.6. The molecule has 4 nitrogen and oxygen atoms in total. The molecule has 1 fully saturated rings. The molecule has 1 aromatic carbocycles. The summed E-state index contributed by atoms with van der Waals surface area (Å²) >= 11 is 0. The molecule has 0 radical (unpaired) electrons. The van der Waals surface area contributed by atoms with Gasteiger partial charge < -0.3 is 15.1 Å². The van der Waals surface area contributed by atoms with Gasteiger partial charge in [0.2, 0.25) is 5.91 Å². The minimum atomic E-state index is 0.192. The smallest absolute Gasteiger partial charge is 0.241 e. The number of rotatable bonds is 3. The van der Waals surface area contributed by atoms with Gasteiger partial charge in [0, 0.05) is 26.2 Å². The van der Waals surface area contributed by atoms with Gasteiger partial charge >= 0.3 is 0 Å². The molecule has 4 heteroatoms. The van der Waals surface area contributed by atoms with Crippen molar-refractivity contribution < 1.29 is 4.79 Å². The minimum Gasteiger partial charge on any atom is -0.371 e. The zero-order valence-corrected chi connectivity index (χ0v) is 12.1. The molecule has 1 aliphatic carbocycles. The fraction of sp³-hybridized carbons (Fsp3) is 0.562. The summed E-state index contributed by atoms with van der Waals surface area (Å²) in [5.41, 5.74) is 2.19. The molecular formula is C16H23N3O. The lowest BCUT2D eigenvalue weighted by atomic mass is 10.1. The number of fused-ring (bicyclic) bond motifs is 1. The van der Waals surface area contributed by atoms with E-state index < -0.39 is 0 Å². The van der Waals surface area contributed by atoms with Crippen LogP contribution in [0.25, 0.3) is 0 Å². The Morgan fingerprint density at radius 2 is 1.90 bits per heavy atom. The molecule has 0 saturated heterocycles. The van der Waals surface area contributed by atoms with Gasteiger partial charge in [0.25, 0.3) is 0 Å². The molecule has 0 bridgehead atoms. The summed E-state index contributed by atoms with van der Waals surface area (Å²) in [5.74, 6) is 0.192. The maximum atomic E-state index is 12.5. The maximum Gasteiger partial charge on any atom is 0.241 e. The first kappa shape index (κ1) is 13.4. The number of likely N-dealkylation sites (N-methyl/N-ethyl adjacent to an activating group) is 1. The van der Waals surface area contributed by atoms with Crippen molar-refractivity contribution in [1.29, 1.82) is 0 Å². The highest BCUT2D eigenvalue weighted by atomic mass is 16.2.